The molecule has 1 aromatic rings. The van der Waals surface area contributed by atoms with Crippen molar-refractivity contribution in [2.24, 2.45) is 11.7 Å². The van der Waals surface area contributed by atoms with Crippen LogP contribution >= 0.6 is 0 Å². The number of nitrogens with two attached hydrogens (primary N) is 1. The van der Waals surface area contributed by atoms with Crippen molar-refractivity contribution in [3.63, 3.8) is 0 Å². The topological polar surface area (TPSA) is 55.0 Å². The molecule has 1 aliphatic rings. The fourth-order valence-corrected chi connectivity index (χ4v) is 2.53. The van der Waals surface area contributed by atoms with Gasteiger partial charge in [-0.05, 0) is 25.3 Å². The fourth-order valence-electron chi connectivity index (χ4n) is 2.53. The molecule has 0 aromatic carbocycles. The summed E-state index contributed by atoms with van der Waals surface area (Å²) in [6.07, 6.45) is 7.85. The normalized spacial score (nSPS) is 26.9. The monoisotopic (exact) mass is 220 g/mol. The molecule has 1 saturated heterocycles. The predicted octanol–water partition coefficient (Wildman–Crippen LogP) is 1.04. The number of likely N-dealkylation sites (tertiary alicyclic amines) is 1. The van der Waals surface area contributed by atoms with Crippen molar-refractivity contribution in [3.05, 3.63) is 24.3 Å². The summed E-state index contributed by atoms with van der Waals surface area (Å²) in [6.45, 7) is 5.03. The lowest BCUT2D eigenvalue weighted by molar-refractivity contribution is 0.0976. The predicted molar refractivity (Wildman–Crippen MR) is 63.7 cm³/mol. The average Bonchev–Trinajstić information content (AvgIpc) is 2.31. The Balaban J connectivity index is 2.02. The summed E-state index contributed by atoms with van der Waals surface area (Å²) in [5, 5.41) is 0. The molecule has 1 aromatic heterocycles. The van der Waals surface area contributed by atoms with E-state index in [-0.39, 0.29) is 0 Å². The van der Waals surface area contributed by atoms with Gasteiger partial charge in [0.2, 0.25) is 0 Å². The van der Waals surface area contributed by atoms with Crippen LogP contribution in [0.2, 0.25) is 0 Å². The standard InChI is InChI=1S/C12H20N4/c1-10-3-2-6-16(12(10)7-13)9-11-8-14-4-5-15-11/h4-5,8,10,12H,2-3,6-7,9,13H2,1H3. The van der Waals surface area contributed by atoms with E-state index >= 15 is 0 Å². The van der Waals surface area contributed by atoms with Gasteiger partial charge >= 0.3 is 0 Å². The number of hydrogen-bond donors (Lipinski definition) is 1. The van der Waals surface area contributed by atoms with E-state index in [0.717, 1.165) is 25.3 Å². The Kier molecular flexibility index (Phi) is 3.85. The molecule has 2 atom stereocenters. The Bertz CT molecular complexity index is 314. The van der Waals surface area contributed by atoms with Crippen LogP contribution in [0.1, 0.15) is 25.5 Å². The molecule has 0 bridgehead atoms. The van der Waals surface area contributed by atoms with Gasteiger partial charge in [0.05, 0.1) is 5.69 Å². The summed E-state index contributed by atoms with van der Waals surface area (Å²) in [5.41, 5.74) is 6.90. The van der Waals surface area contributed by atoms with Crippen molar-refractivity contribution in [1.82, 2.24) is 14.9 Å². The maximum Gasteiger partial charge on any atom is 0.0726 e. The molecule has 1 fully saturated rings. The first-order chi connectivity index (χ1) is 7.81. The molecule has 4 heteroatoms. The molecule has 0 spiro atoms. The van der Waals surface area contributed by atoms with Crippen LogP contribution in [0.25, 0.3) is 0 Å². The molecule has 2 heterocycles. The third-order valence-electron chi connectivity index (χ3n) is 3.45. The van der Waals surface area contributed by atoms with Gasteiger partial charge in [-0.2, -0.15) is 0 Å². The van der Waals surface area contributed by atoms with E-state index in [0.29, 0.717) is 12.0 Å². The van der Waals surface area contributed by atoms with Crippen LogP contribution in [0, 0.1) is 5.92 Å². The highest BCUT2D eigenvalue weighted by molar-refractivity contribution is 4.96. The molecule has 0 radical (unpaired) electrons. The van der Waals surface area contributed by atoms with Gasteiger partial charge in [-0.25, -0.2) is 0 Å². The summed E-state index contributed by atoms with van der Waals surface area (Å²) >= 11 is 0. The smallest absolute Gasteiger partial charge is 0.0726 e. The quantitative estimate of drug-likeness (QED) is 0.827. The summed E-state index contributed by atoms with van der Waals surface area (Å²) in [6, 6.07) is 0.496. The number of piperidine rings is 1. The molecule has 2 rings (SSSR count). The maximum atomic E-state index is 5.86. The van der Waals surface area contributed by atoms with Crippen molar-refractivity contribution >= 4 is 0 Å². The summed E-state index contributed by atoms with van der Waals surface area (Å²) < 4.78 is 0. The highest BCUT2D eigenvalue weighted by Crippen LogP contribution is 2.23. The third-order valence-corrected chi connectivity index (χ3v) is 3.45. The summed E-state index contributed by atoms with van der Waals surface area (Å²) in [5.74, 6) is 0.690. The zero-order chi connectivity index (χ0) is 11.4. The van der Waals surface area contributed by atoms with E-state index < -0.39 is 0 Å². The molecule has 0 saturated carbocycles. The summed E-state index contributed by atoms with van der Waals surface area (Å²) in [4.78, 5) is 10.9. The maximum absolute atomic E-state index is 5.86. The Morgan fingerprint density at radius 3 is 3.06 bits per heavy atom. The molecule has 0 amide bonds. The van der Waals surface area contributed by atoms with Crippen LogP contribution in [0.5, 0.6) is 0 Å². The molecular formula is C12H20N4. The second kappa shape index (κ2) is 5.37. The van der Waals surface area contributed by atoms with Gasteiger partial charge in [0.25, 0.3) is 0 Å². The van der Waals surface area contributed by atoms with Gasteiger partial charge in [0.1, 0.15) is 0 Å². The molecule has 2 unspecified atom stereocenters. The lowest BCUT2D eigenvalue weighted by Gasteiger charge is -2.39. The second-order valence-electron chi connectivity index (χ2n) is 4.59. The first-order valence-electron chi connectivity index (χ1n) is 6.00. The van der Waals surface area contributed by atoms with Gasteiger partial charge in [-0.15, -0.1) is 0 Å². The van der Waals surface area contributed by atoms with Gasteiger partial charge in [0, 0.05) is 37.7 Å². The van der Waals surface area contributed by atoms with Crippen LogP contribution in [0.3, 0.4) is 0 Å². The number of aromatic nitrogens is 2. The Morgan fingerprint density at radius 1 is 1.50 bits per heavy atom. The van der Waals surface area contributed by atoms with Crippen LogP contribution in [-0.4, -0.2) is 34.0 Å². The second-order valence-corrected chi connectivity index (χ2v) is 4.59. The molecular weight excluding hydrogens is 200 g/mol. The minimum atomic E-state index is 0.496. The van der Waals surface area contributed by atoms with Gasteiger partial charge in [-0.3, -0.25) is 14.9 Å². The van der Waals surface area contributed by atoms with E-state index in [9.17, 15) is 0 Å². The largest absolute Gasteiger partial charge is 0.329 e. The molecule has 0 aliphatic carbocycles. The zero-order valence-electron chi connectivity index (χ0n) is 9.84. The third kappa shape index (κ3) is 2.57. The van der Waals surface area contributed by atoms with Crippen molar-refractivity contribution in [2.75, 3.05) is 13.1 Å². The van der Waals surface area contributed by atoms with Crippen molar-refractivity contribution < 1.29 is 0 Å². The minimum Gasteiger partial charge on any atom is -0.329 e. The molecule has 2 N–H and O–H groups in total. The fraction of sp³-hybridized carbons (Fsp3) is 0.667. The number of rotatable bonds is 3. The first kappa shape index (κ1) is 11.5. The van der Waals surface area contributed by atoms with Gasteiger partial charge in [0.15, 0.2) is 0 Å². The van der Waals surface area contributed by atoms with E-state index in [2.05, 4.69) is 21.8 Å². The van der Waals surface area contributed by atoms with E-state index in [1.165, 1.54) is 12.8 Å². The Labute approximate surface area is 96.9 Å². The average molecular weight is 220 g/mol. The zero-order valence-corrected chi connectivity index (χ0v) is 9.84. The van der Waals surface area contributed by atoms with Crippen LogP contribution in [-0.2, 0) is 6.54 Å². The van der Waals surface area contributed by atoms with E-state index in [4.69, 9.17) is 5.73 Å². The Hall–Kier alpha value is -1.00. The van der Waals surface area contributed by atoms with Crippen LogP contribution in [0.15, 0.2) is 18.6 Å². The highest BCUT2D eigenvalue weighted by Gasteiger charge is 2.27. The Morgan fingerprint density at radius 2 is 2.38 bits per heavy atom. The highest BCUT2D eigenvalue weighted by atomic mass is 15.2. The van der Waals surface area contributed by atoms with Gasteiger partial charge < -0.3 is 5.73 Å². The first-order valence-corrected chi connectivity index (χ1v) is 6.00. The number of nitrogens with zero attached hydrogens (tertiary/aromatic N) is 3. The molecule has 16 heavy (non-hydrogen) atoms. The van der Waals surface area contributed by atoms with Crippen molar-refractivity contribution in [2.45, 2.75) is 32.4 Å². The van der Waals surface area contributed by atoms with Crippen LogP contribution < -0.4 is 5.73 Å². The molecule has 88 valence electrons. The molecule has 1 aliphatic heterocycles. The summed E-state index contributed by atoms with van der Waals surface area (Å²) in [7, 11) is 0. The van der Waals surface area contributed by atoms with Crippen LogP contribution in [0.4, 0.5) is 0 Å². The SMILES string of the molecule is CC1CCCN(Cc2cnccn2)C1CN. The number of hydrogen-bond acceptors (Lipinski definition) is 4. The lowest BCUT2D eigenvalue weighted by atomic mass is 9.91. The van der Waals surface area contributed by atoms with Gasteiger partial charge in [-0.1, -0.05) is 6.92 Å². The lowest BCUT2D eigenvalue weighted by Crippen LogP contribution is -2.48. The van der Waals surface area contributed by atoms with Crippen molar-refractivity contribution in [3.8, 4) is 0 Å². The van der Waals surface area contributed by atoms with E-state index in [1.807, 2.05) is 6.20 Å². The van der Waals surface area contributed by atoms with Crippen molar-refractivity contribution in [1.29, 1.82) is 0 Å². The minimum absolute atomic E-state index is 0.496. The van der Waals surface area contributed by atoms with E-state index in [1.54, 1.807) is 12.4 Å². The molecule has 4 nitrogen and oxygen atoms in total.